The third-order valence-corrected chi connectivity index (χ3v) is 6.11. The zero-order chi connectivity index (χ0) is 16.0. The third-order valence-electron chi connectivity index (χ3n) is 4.25. The highest BCUT2D eigenvalue weighted by molar-refractivity contribution is 7.92. The van der Waals surface area contributed by atoms with Crippen LogP contribution in [0.2, 0.25) is 5.02 Å². The van der Waals surface area contributed by atoms with E-state index in [1.807, 2.05) is 24.3 Å². The fourth-order valence-corrected chi connectivity index (χ4v) is 4.80. The summed E-state index contributed by atoms with van der Waals surface area (Å²) in [5.74, 6) is 0. The normalized spacial score (nSPS) is 13.4. The summed E-state index contributed by atoms with van der Waals surface area (Å²) in [5.41, 5.74) is 3.14. The van der Waals surface area contributed by atoms with Crippen LogP contribution in [0.1, 0.15) is 11.1 Å². The molecule has 3 aromatic rings. The first-order valence-corrected chi connectivity index (χ1v) is 9.23. The van der Waals surface area contributed by atoms with Gasteiger partial charge in [-0.3, -0.25) is 4.72 Å². The van der Waals surface area contributed by atoms with E-state index in [0.29, 0.717) is 5.69 Å². The Hall–Kier alpha value is -2.04. The van der Waals surface area contributed by atoms with Gasteiger partial charge in [-0.25, -0.2) is 8.42 Å². The van der Waals surface area contributed by atoms with Crippen LogP contribution in [-0.4, -0.2) is 8.42 Å². The Labute approximate surface area is 140 Å². The Morgan fingerprint density at radius 2 is 1.61 bits per heavy atom. The number of hydrogen-bond acceptors (Lipinski definition) is 2. The summed E-state index contributed by atoms with van der Waals surface area (Å²) in [6, 6.07) is 16.3. The lowest BCUT2D eigenvalue weighted by Gasteiger charge is -2.13. The van der Waals surface area contributed by atoms with E-state index in [1.165, 1.54) is 22.6 Å². The van der Waals surface area contributed by atoms with Crippen molar-refractivity contribution in [3.63, 3.8) is 0 Å². The fraction of sp³-hybridized carbons (Fsp3) is 0.111. The van der Waals surface area contributed by atoms with Crippen LogP contribution >= 0.6 is 11.6 Å². The number of nitrogens with one attached hydrogen (secondary N) is 1. The van der Waals surface area contributed by atoms with Gasteiger partial charge in [0.15, 0.2) is 0 Å². The molecule has 3 aromatic carbocycles. The number of sulfonamides is 1. The van der Waals surface area contributed by atoms with Crippen molar-refractivity contribution in [2.45, 2.75) is 17.7 Å². The molecule has 0 saturated heterocycles. The second-order valence-corrected chi connectivity index (χ2v) is 7.71. The molecule has 116 valence electrons. The quantitative estimate of drug-likeness (QED) is 0.766. The predicted octanol–water partition coefficient (Wildman–Crippen LogP) is 4.39. The summed E-state index contributed by atoms with van der Waals surface area (Å²) >= 11 is 6.03. The van der Waals surface area contributed by atoms with Crippen molar-refractivity contribution in [2.75, 3.05) is 4.72 Å². The van der Waals surface area contributed by atoms with Gasteiger partial charge in [0.05, 0.1) is 10.7 Å². The molecule has 0 amide bonds. The molecule has 0 heterocycles. The molecule has 23 heavy (non-hydrogen) atoms. The Morgan fingerprint density at radius 1 is 0.870 bits per heavy atom. The van der Waals surface area contributed by atoms with E-state index in [9.17, 15) is 8.42 Å². The molecule has 1 aliphatic carbocycles. The average molecular weight is 344 g/mol. The molecule has 0 radical (unpaired) electrons. The van der Waals surface area contributed by atoms with Crippen molar-refractivity contribution < 1.29 is 8.42 Å². The van der Waals surface area contributed by atoms with Crippen molar-refractivity contribution in [1.29, 1.82) is 0 Å². The summed E-state index contributed by atoms with van der Waals surface area (Å²) < 4.78 is 28.0. The Bertz CT molecular complexity index is 1020. The van der Waals surface area contributed by atoms with Gasteiger partial charge in [0, 0.05) is 5.39 Å². The van der Waals surface area contributed by atoms with Gasteiger partial charge in [-0.15, -0.1) is 0 Å². The first-order chi connectivity index (χ1) is 11.1. The first-order valence-electron chi connectivity index (χ1n) is 7.37. The molecule has 0 fully saturated rings. The molecule has 0 saturated carbocycles. The van der Waals surface area contributed by atoms with E-state index >= 15 is 0 Å². The van der Waals surface area contributed by atoms with E-state index in [0.717, 1.165) is 18.2 Å². The molecule has 0 bridgehead atoms. The summed E-state index contributed by atoms with van der Waals surface area (Å²) in [6.07, 6.45) is 2.01. The lowest BCUT2D eigenvalue weighted by Crippen LogP contribution is -2.13. The van der Waals surface area contributed by atoms with Crippen LogP contribution in [0.3, 0.4) is 0 Å². The van der Waals surface area contributed by atoms with Crippen molar-refractivity contribution in [1.82, 2.24) is 0 Å². The van der Waals surface area contributed by atoms with Crippen LogP contribution in [-0.2, 0) is 22.9 Å². The van der Waals surface area contributed by atoms with Crippen LogP contribution in [0.15, 0.2) is 59.5 Å². The topological polar surface area (TPSA) is 46.2 Å². The molecule has 0 spiro atoms. The molecular formula is C18H14ClNO2S. The molecule has 5 heteroatoms. The number of halogens is 1. The number of hydrogen-bond donors (Lipinski definition) is 1. The highest BCUT2D eigenvalue weighted by atomic mass is 35.5. The Balaban J connectivity index is 1.84. The first kappa shape index (κ1) is 14.5. The molecule has 0 unspecified atom stereocenters. The van der Waals surface area contributed by atoms with Gasteiger partial charge in [0.1, 0.15) is 4.90 Å². The number of benzene rings is 3. The Morgan fingerprint density at radius 3 is 2.39 bits per heavy atom. The molecule has 1 N–H and O–H groups in total. The van der Waals surface area contributed by atoms with Crippen LogP contribution in [0.4, 0.5) is 5.69 Å². The smallest absolute Gasteiger partial charge is 0.263 e. The molecule has 0 aliphatic heterocycles. The van der Waals surface area contributed by atoms with Gasteiger partial charge < -0.3 is 0 Å². The lowest BCUT2D eigenvalue weighted by atomic mass is 10.0. The molecular weight excluding hydrogens is 330 g/mol. The van der Waals surface area contributed by atoms with Crippen LogP contribution in [0.5, 0.6) is 0 Å². The SMILES string of the molecule is O=S(=O)(Nc1ccc2c3c(cccc13)CC2)c1ccccc1Cl. The van der Waals surface area contributed by atoms with E-state index in [1.54, 1.807) is 18.2 Å². The minimum atomic E-state index is -3.72. The van der Waals surface area contributed by atoms with E-state index in [4.69, 9.17) is 11.6 Å². The fourth-order valence-electron chi connectivity index (χ4n) is 3.20. The number of aryl methyl sites for hydroxylation is 2. The summed E-state index contributed by atoms with van der Waals surface area (Å²) in [5, 5.41) is 2.32. The minimum absolute atomic E-state index is 0.0879. The van der Waals surface area contributed by atoms with Gasteiger partial charge in [0.2, 0.25) is 0 Å². The number of rotatable bonds is 3. The van der Waals surface area contributed by atoms with Gasteiger partial charge in [-0.05, 0) is 47.6 Å². The van der Waals surface area contributed by atoms with Crippen molar-refractivity contribution in [2.24, 2.45) is 0 Å². The lowest BCUT2D eigenvalue weighted by molar-refractivity contribution is 0.601. The standard InChI is InChI=1S/C18H14ClNO2S/c19-15-6-1-2-7-17(15)23(21,22)20-16-11-10-13-9-8-12-4-3-5-14(16)18(12)13/h1-7,10-11,20H,8-9H2. The maximum absolute atomic E-state index is 12.7. The minimum Gasteiger partial charge on any atom is -0.279 e. The molecule has 4 rings (SSSR count). The highest BCUT2D eigenvalue weighted by Gasteiger charge is 2.21. The zero-order valence-corrected chi connectivity index (χ0v) is 13.8. The molecule has 0 atom stereocenters. The largest absolute Gasteiger partial charge is 0.279 e. The average Bonchev–Trinajstić information content (AvgIpc) is 2.95. The zero-order valence-electron chi connectivity index (χ0n) is 12.2. The second kappa shape index (κ2) is 5.25. The summed E-state index contributed by atoms with van der Waals surface area (Å²) in [6.45, 7) is 0. The summed E-state index contributed by atoms with van der Waals surface area (Å²) in [4.78, 5) is 0.0879. The van der Waals surface area contributed by atoms with Crippen LogP contribution in [0, 0.1) is 0 Å². The van der Waals surface area contributed by atoms with E-state index in [2.05, 4.69) is 10.8 Å². The predicted molar refractivity (Wildman–Crippen MR) is 93.6 cm³/mol. The maximum Gasteiger partial charge on any atom is 0.263 e. The van der Waals surface area contributed by atoms with Crippen molar-refractivity contribution in [3.8, 4) is 0 Å². The van der Waals surface area contributed by atoms with Gasteiger partial charge in [-0.1, -0.05) is 48.0 Å². The van der Waals surface area contributed by atoms with Crippen LogP contribution in [0.25, 0.3) is 10.8 Å². The Kier molecular flexibility index (Phi) is 3.32. The van der Waals surface area contributed by atoms with E-state index < -0.39 is 10.0 Å². The maximum atomic E-state index is 12.7. The summed E-state index contributed by atoms with van der Waals surface area (Å²) in [7, 11) is -3.72. The molecule has 3 nitrogen and oxygen atoms in total. The van der Waals surface area contributed by atoms with E-state index in [-0.39, 0.29) is 9.92 Å². The monoisotopic (exact) mass is 343 g/mol. The second-order valence-electron chi connectivity index (χ2n) is 5.65. The van der Waals surface area contributed by atoms with Crippen molar-refractivity contribution in [3.05, 3.63) is 70.7 Å². The van der Waals surface area contributed by atoms with Crippen LogP contribution < -0.4 is 4.72 Å². The van der Waals surface area contributed by atoms with Crippen molar-refractivity contribution >= 4 is 38.1 Å². The highest BCUT2D eigenvalue weighted by Crippen LogP contribution is 2.36. The molecule has 1 aliphatic rings. The van der Waals surface area contributed by atoms with Gasteiger partial charge in [-0.2, -0.15) is 0 Å². The molecule has 0 aromatic heterocycles. The van der Waals surface area contributed by atoms with Gasteiger partial charge >= 0.3 is 0 Å². The third kappa shape index (κ3) is 2.38. The number of anilines is 1. The van der Waals surface area contributed by atoms with Gasteiger partial charge in [0.25, 0.3) is 10.0 Å².